The number of hydrogen-bond acceptors (Lipinski definition) is 8. The molecule has 0 saturated heterocycles. The summed E-state index contributed by atoms with van der Waals surface area (Å²) in [6.45, 7) is 7.86. The maximum absolute atomic E-state index is 13.7. The highest BCUT2D eigenvalue weighted by Gasteiger charge is 2.29. The van der Waals surface area contributed by atoms with Crippen LogP contribution in [0.1, 0.15) is 38.2 Å². The average molecular weight is 614 g/mol. The van der Waals surface area contributed by atoms with Crippen LogP contribution in [0.25, 0.3) is 38.5 Å². The molecule has 0 aliphatic carbocycles. The van der Waals surface area contributed by atoms with E-state index in [-0.39, 0.29) is 12.2 Å². The highest BCUT2D eigenvalue weighted by Crippen LogP contribution is 2.48. The summed E-state index contributed by atoms with van der Waals surface area (Å²) in [5.41, 5.74) is 4.08. The first-order valence-electron chi connectivity index (χ1n) is 14.7. The van der Waals surface area contributed by atoms with Crippen molar-refractivity contribution in [1.29, 1.82) is 0 Å². The molecule has 45 heavy (non-hydrogen) atoms. The Hall–Kier alpha value is -5.05. The molecular weight excluding hydrogens is 574 g/mol. The van der Waals surface area contributed by atoms with Gasteiger partial charge in [-0.05, 0) is 86.7 Å². The topological polar surface area (TPSA) is 86.1 Å². The molecule has 5 rings (SSSR count). The van der Waals surface area contributed by atoms with Gasteiger partial charge in [0.15, 0.2) is 34.5 Å². The minimum atomic E-state index is -0.501. The SMILES string of the molecule is COC(=O)c1c(-c2ccc(OC)c(OC)c2)c(-c2ccc(OC(C)C)c(OC)c2)c2c3cc(OC)c(OC(C)C)cc3ccn12. The minimum absolute atomic E-state index is 0.0491. The summed E-state index contributed by atoms with van der Waals surface area (Å²) >= 11 is 0. The number of benzene rings is 3. The van der Waals surface area contributed by atoms with E-state index in [1.54, 1.807) is 28.4 Å². The third-order valence-electron chi connectivity index (χ3n) is 7.43. The molecule has 2 heterocycles. The predicted molar refractivity (Wildman–Crippen MR) is 175 cm³/mol. The Morgan fingerprint density at radius 2 is 1.13 bits per heavy atom. The van der Waals surface area contributed by atoms with Crippen LogP contribution in [0, 0.1) is 0 Å². The van der Waals surface area contributed by atoms with Crippen molar-refractivity contribution >= 4 is 22.3 Å². The van der Waals surface area contributed by atoms with Gasteiger partial charge in [0, 0.05) is 22.7 Å². The molecule has 2 aromatic heterocycles. The van der Waals surface area contributed by atoms with Crippen molar-refractivity contribution in [2.45, 2.75) is 39.9 Å². The molecule has 9 heteroatoms. The Kier molecular flexibility index (Phi) is 8.99. The van der Waals surface area contributed by atoms with Gasteiger partial charge in [-0.3, -0.25) is 0 Å². The first-order valence-corrected chi connectivity index (χ1v) is 14.7. The van der Waals surface area contributed by atoms with Gasteiger partial charge in [-0.15, -0.1) is 0 Å². The summed E-state index contributed by atoms with van der Waals surface area (Å²) in [6, 6.07) is 17.2. The van der Waals surface area contributed by atoms with Gasteiger partial charge in [0.25, 0.3) is 0 Å². The lowest BCUT2D eigenvalue weighted by molar-refractivity contribution is 0.0594. The van der Waals surface area contributed by atoms with Gasteiger partial charge >= 0.3 is 5.97 Å². The lowest BCUT2D eigenvalue weighted by Gasteiger charge is -2.17. The van der Waals surface area contributed by atoms with E-state index in [4.69, 9.17) is 33.2 Å². The standard InChI is InChI=1S/C36H39NO8/c1-20(2)44-27-13-11-23(18-29(27)41-7)32-33(24-10-12-26(39-5)28(17-24)40-6)35(36(38)43-9)37-15-14-22-16-31(45-21(3)4)30(42-8)19-25(22)34(32)37/h10-21H,1-9H3. The van der Waals surface area contributed by atoms with Crippen molar-refractivity contribution in [3.63, 3.8) is 0 Å². The van der Waals surface area contributed by atoms with Crippen molar-refractivity contribution in [2.24, 2.45) is 0 Å². The van der Waals surface area contributed by atoms with Gasteiger partial charge < -0.3 is 37.6 Å². The van der Waals surface area contributed by atoms with Crippen molar-refractivity contribution in [2.75, 3.05) is 35.5 Å². The maximum atomic E-state index is 13.7. The highest BCUT2D eigenvalue weighted by molar-refractivity contribution is 6.14. The zero-order valence-corrected chi connectivity index (χ0v) is 27.1. The molecule has 0 amide bonds. The van der Waals surface area contributed by atoms with E-state index < -0.39 is 5.97 Å². The van der Waals surface area contributed by atoms with E-state index in [0.29, 0.717) is 45.8 Å². The van der Waals surface area contributed by atoms with Crippen molar-refractivity contribution in [3.8, 4) is 56.8 Å². The summed E-state index contributed by atoms with van der Waals surface area (Å²) in [7, 11) is 7.76. The van der Waals surface area contributed by atoms with Crippen molar-refractivity contribution < 1.29 is 38.0 Å². The molecule has 0 fully saturated rings. The van der Waals surface area contributed by atoms with Gasteiger partial charge in [0.1, 0.15) is 5.69 Å². The second-order valence-electron chi connectivity index (χ2n) is 11.0. The van der Waals surface area contributed by atoms with Gasteiger partial charge in [-0.25, -0.2) is 4.79 Å². The van der Waals surface area contributed by atoms with Crippen LogP contribution >= 0.6 is 0 Å². The second kappa shape index (κ2) is 12.9. The molecule has 9 nitrogen and oxygen atoms in total. The van der Waals surface area contributed by atoms with E-state index >= 15 is 0 Å². The Bertz CT molecular complexity index is 1870. The summed E-state index contributed by atoms with van der Waals surface area (Å²) in [5.74, 6) is 2.96. The Morgan fingerprint density at radius 3 is 1.71 bits per heavy atom. The number of fused-ring (bicyclic) bond motifs is 3. The monoisotopic (exact) mass is 613 g/mol. The molecule has 3 aromatic carbocycles. The lowest BCUT2D eigenvalue weighted by atomic mass is 9.93. The number of rotatable bonds is 11. The average Bonchev–Trinajstić information content (AvgIpc) is 3.39. The number of methoxy groups -OCH3 is 5. The highest BCUT2D eigenvalue weighted by atomic mass is 16.5. The zero-order valence-electron chi connectivity index (χ0n) is 27.1. The molecule has 0 radical (unpaired) electrons. The molecule has 0 spiro atoms. The summed E-state index contributed by atoms with van der Waals surface area (Å²) in [6.07, 6.45) is 1.77. The predicted octanol–water partition coefficient (Wildman–Crippen LogP) is 7.82. The van der Waals surface area contributed by atoms with Crippen LogP contribution in [0.15, 0.2) is 60.8 Å². The van der Waals surface area contributed by atoms with Crippen LogP contribution in [0.2, 0.25) is 0 Å². The van der Waals surface area contributed by atoms with Crippen LogP contribution < -0.4 is 28.4 Å². The van der Waals surface area contributed by atoms with Crippen molar-refractivity contribution in [1.82, 2.24) is 4.40 Å². The third kappa shape index (κ3) is 5.78. The number of hydrogen-bond donors (Lipinski definition) is 0. The number of aromatic nitrogens is 1. The van der Waals surface area contributed by atoms with E-state index in [2.05, 4.69) is 0 Å². The Balaban J connectivity index is 1.98. The molecule has 0 aliphatic heterocycles. The number of ether oxygens (including phenoxy) is 7. The Labute approximate surface area is 263 Å². The summed E-state index contributed by atoms with van der Waals surface area (Å²) < 4.78 is 42.1. The second-order valence-corrected chi connectivity index (χ2v) is 11.0. The van der Waals surface area contributed by atoms with Gasteiger partial charge in [0.2, 0.25) is 0 Å². The normalized spacial score (nSPS) is 11.3. The number of pyridine rings is 1. The fraction of sp³-hybridized carbons (Fsp3) is 0.306. The third-order valence-corrected chi connectivity index (χ3v) is 7.43. The number of carbonyl (C=O) groups excluding carboxylic acids is 1. The first kappa shape index (κ1) is 31.4. The molecule has 0 bridgehead atoms. The van der Waals surface area contributed by atoms with E-state index in [9.17, 15) is 4.79 Å². The molecular formula is C36H39NO8. The van der Waals surface area contributed by atoms with Crippen LogP contribution in [0.4, 0.5) is 0 Å². The van der Waals surface area contributed by atoms with Gasteiger partial charge in [-0.1, -0.05) is 12.1 Å². The molecule has 5 aromatic rings. The minimum Gasteiger partial charge on any atom is -0.493 e. The molecule has 0 atom stereocenters. The zero-order chi connectivity index (χ0) is 32.4. The smallest absolute Gasteiger partial charge is 0.355 e. The number of nitrogens with zero attached hydrogens (tertiary/aromatic N) is 1. The molecule has 0 saturated carbocycles. The molecule has 0 N–H and O–H groups in total. The van der Waals surface area contributed by atoms with Gasteiger partial charge in [-0.2, -0.15) is 0 Å². The van der Waals surface area contributed by atoms with E-state index in [0.717, 1.165) is 33.0 Å². The fourth-order valence-electron chi connectivity index (χ4n) is 5.61. The molecule has 0 unspecified atom stereocenters. The van der Waals surface area contributed by atoms with Crippen molar-refractivity contribution in [3.05, 3.63) is 66.5 Å². The van der Waals surface area contributed by atoms with Crippen LogP contribution in [-0.4, -0.2) is 58.1 Å². The summed E-state index contributed by atoms with van der Waals surface area (Å²) in [4.78, 5) is 13.7. The van der Waals surface area contributed by atoms with E-state index in [1.165, 1.54) is 7.11 Å². The quantitative estimate of drug-likeness (QED) is 0.139. The number of carbonyl (C=O) groups is 1. The molecule has 236 valence electrons. The van der Waals surface area contributed by atoms with Crippen LogP contribution in [-0.2, 0) is 4.74 Å². The largest absolute Gasteiger partial charge is 0.493 e. The van der Waals surface area contributed by atoms with E-state index in [1.807, 2.05) is 92.9 Å². The lowest BCUT2D eigenvalue weighted by Crippen LogP contribution is -2.08. The maximum Gasteiger partial charge on any atom is 0.355 e. The first-order chi connectivity index (χ1) is 21.6. The van der Waals surface area contributed by atoms with Crippen LogP contribution in [0.3, 0.4) is 0 Å². The number of esters is 1. The molecule has 0 aliphatic rings. The summed E-state index contributed by atoms with van der Waals surface area (Å²) in [5, 5.41) is 1.75. The fourth-order valence-corrected chi connectivity index (χ4v) is 5.61. The Morgan fingerprint density at radius 1 is 0.600 bits per heavy atom. The van der Waals surface area contributed by atoms with Gasteiger partial charge in [0.05, 0.1) is 53.3 Å². The van der Waals surface area contributed by atoms with Crippen LogP contribution in [0.5, 0.6) is 34.5 Å².